The normalized spacial score (nSPS) is 10.0. The first-order valence-corrected chi connectivity index (χ1v) is 6.10. The second-order valence-corrected chi connectivity index (χ2v) is 3.94. The van der Waals surface area contributed by atoms with Crippen LogP contribution >= 0.6 is 23.2 Å². The van der Waals surface area contributed by atoms with Crippen molar-refractivity contribution in [3.63, 3.8) is 0 Å². The Balaban J connectivity index is 3.39. The Hall–Kier alpha value is -1.26. The van der Waals surface area contributed by atoms with Crippen LogP contribution in [0.2, 0.25) is 0 Å². The third kappa shape index (κ3) is 3.37. The van der Waals surface area contributed by atoms with E-state index >= 15 is 0 Å². The lowest BCUT2D eigenvalue weighted by atomic mass is 10.1. The Bertz CT molecular complexity index is 432. The second kappa shape index (κ2) is 6.61. The fourth-order valence-electron chi connectivity index (χ4n) is 1.42. The summed E-state index contributed by atoms with van der Waals surface area (Å²) in [6, 6.07) is 2.72. The maximum Gasteiger partial charge on any atom is 0.256 e. The maximum atomic E-state index is 11.3. The van der Waals surface area contributed by atoms with Crippen molar-refractivity contribution in [3.05, 3.63) is 23.3 Å². The minimum atomic E-state index is -0.722. The van der Waals surface area contributed by atoms with Crippen molar-refractivity contribution in [2.45, 2.75) is 13.8 Å². The third-order valence-electron chi connectivity index (χ3n) is 2.10. The van der Waals surface area contributed by atoms with Gasteiger partial charge in [-0.3, -0.25) is 9.59 Å². The first-order chi connectivity index (χ1) is 8.51. The number of benzene rings is 1. The summed E-state index contributed by atoms with van der Waals surface area (Å²) in [5.41, 5.74) is 0.178. The predicted octanol–water partition coefficient (Wildman–Crippen LogP) is 3.24. The zero-order valence-corrected chi connectivity index (χ0v) is 11.5. The SMILES string of the molecule is CCOc1cc(OCC)c(C(=O)Cl)cc1C(=O)Cl. The van der Waals surface area contributed by atoms with Gasteiger partial charge in [0.2, 0.25) is 0 Å². The molecule has 0 fully saturated rings. The molecule has 0 spiro atoms. The lowest BCUT2D eigenvalue weighted by Crippen LogP contribution is -2.05. The lowest BCUT2D eigenvalue weighted by Gasteiger charge is -2.13. The standard InChI is InChI=1S/C12H12Cl2O4/c1-3-17-9-6-10(18-4-2)8(12(14)16)5-7(9)11(13)15/h5-6H,3-4H2,1-2H3. The molecule has 0 unspecified atom stereocenters. The predicted molar refractivity (Wildman–Crippen MR) is 69.1 cm³/mol. The van der Waals surface area contributed by atoms with Crippen LogP contribution in [0, 0.1) is 0 Å². The van der Waals surface area contributed by atoms with E-state index in [0.717, 1.165) is 0 Å². The molecule has 6 heteroatoms. The van der Waals surface area contributed by atoms with Gasteiger partial charge in [0.05, 0.1) is 24.3 Å². The summed E-state index contributed by atoms with van der Waals surface area (Å²) < 4.78 is 10.6. The van der Waals surface area contributed by atoms with Gasteiger partial charge in [0.15, 0.2) is 0 Å². The molecule has 0 N–H and O–H groups in total. The number of carbonyl (C=O) groups excluding carboxylic acids is 2. The summed E-state index contributed by atoms with van der Waals surface area (Å²) in [6.07, 6.45) is 0. The summed E-state index contributed by atoms with van der Waals surface area (Å²) in [5, 5.41) is -1.44. The molecule has 0 saturated heterocycles. The van der Waals surface area contributed by atoms with Crippen molar-refractivity contribution in [2.75, 3.05) is 13.2 Å². The first kappa shape index (κ1) is 14.8. The van der Waals surface area contributed by atoms with Gasteiger partial charge in [-0.15, -0.1) is 0 Å². The van der Waals surface area contributed by atoms with Crippen LogP contribution in [0.5, 0.6) is 11.5 Å². The monoisotopic (exact) mass is 290 g/mol. The molecule has 0 heterocycles. The van der Waals surface area contributed by atoms with E-state index < -0.39 is 10.5 Å². The Labute approximate surface area is 115 Å². The van der Waals surface area contributed by atoms with Gasteiger partial charge in [0.25, 0.3) is 10.5 Å². The van der Waals surface area contributed by atoms with Crippen LogP contribution < -0.4 is 9.47 Å². The Morgan fingerprint density at radius 2 is 1.33 bits per heavy atom. The molecule has 0 saturated carbocycles. The molecule has 0 amide bonds. The zero-order valence-electron chi connectivity index (χ0n) is 9.96. The number of ether oxygens (including phenoxy) is 2. The highest BCUT2D eigenvalue weighted by molar-refractivity contribution is 6.69. The zero-order chi connectivity index (χ0) is 13.7. The van der Waals surface area contributed by atoms with Crippen LogP contribution in [-0.4, -0.2) is 23.7 Å². The average molecular weight is 291 g/mol. The molecular weight excluding hydrogens is 279 g/mol. The Morgan fingerprint density at radius 1 is 0.944 bits per heavy atom. The van der Waals surface area contributed by atoms with E-state index in [1.807, 2.05) is 0 Å². The maximum absolute atomic E-state index is 11.3. The molecule has 0 aromatic heterocycles. The summed E-state index contributed by atoms with van der Waals surface area (Å²) >= 11 is 10.9. The number of halogens is 2. The summed E-state index contributed by atoms with van der Waals surface area (Å²) in [7, 11) is 0. The van der Waals surface area contributed by atoms with Gasteiger partial charge in [-0.25, -0.2) is 0 Å². The van der Waals surface area contributed by atoms with Crippen molar-refractivity contribution in [3.8, 4) is 11.5 Å². The van der Waals surface area contributed by atoms with Crippen LogP contribution in [-0.2, 0) is 0 Å². The van der Waals surface area contributed by atoms with Crippen molar-refractivity contribution in [1.29, 1.82) is 0 Å². The van der Waals surface area contributed by atoms with Gasteiger partial charge in [0, 0.05) is 6.07 Å². The fourth-order valence-corrected chi connectivity index (χ4v) is 1.71. The molecule has 18 heavy (non-hydrogen) atoms. The minimum Gasteiger partial charge on any atom is -0.493 e. The van der Waals surface area contributed by atoms with Gasteiger partial charge in [-0.05, 0) is 43.1 Å². The number of rotatable bonds is 6. The van der Waals surface area contributed by atoms with Crippen LogP contribution in [0.3, 0.4) is 0 Å². The van der Waals surface area contributed by atoms with Gasteiger partial charge < -0.3 is 9.47 Å². The molecule has 1 aromatic carbocycles. The highest BCUT2D eigenvalue weighted by atomic mass is 35.5. The first-order valence-electron chi connectivity index (χ1n) is 5.34. The third-order valence-corrected chi connectivity index (χ3v) is 2.51. The van der Waals surface area contributed by atoms with Crippen molar-refractivity contribution < 1.29 is 19.1 Å². The van der Waals surface area contributed by atoms with E-state index in [2.05, 4.69) is 0 Å². The van der Waals surface area contributed by atoms with Crippen molar-refractivity contribution >= 4 is 33.7 Å². The summed E-state index contributed by atoms with van der Waals surface area (Å²) in [5.74, 6) is 0.533. The van der Waals surface area contributed by atoms with Crippen molar-refractivity contribution in [1.82, 2.24) is 0 Å². The Morgan fingerprint density at radius 3 is 1.61 bits per heavy atom. The van der Waals surface area contributed by atoms with Gasteiger partial charge >= 0.3 is 0 Å². The number of carbonyl (C=O) groups is 2. The molecule has 0 radical (unpaired) electrons. The van der Waals surface area contributed by atoms with Crippen LogP contribution in [0.15, 0.2) is 12.1 Å². The number of hydrogen-bond acceptors (Lipinski definition) is 4. The Kier molecular flexibility index (Phi) is 5.44. The smallest absolute Gasteiger partial charge is 0.256 e. The van der Waals surface area contributed by atoms with E-state index in [1.165, 1.54) is 12.1 Å². The highest BCUT2D eigenvalue weighted by Gasteiger charge is 2.19. The van der Waals surface area contributed by atoms with E-state index in [9.17, 15) is 9.59 Å². The largest absolute Gasteiger partial charge is 0.493 e. The van der Waals surface area contributed by atoms with Gasteiger partial charge in [-0.2, -0.15) is 0 Å². The van der Waals surface area contributed by atoms with Crippen molar-refractivity contribution in [2.24, 2.45) is 0 Å². The molecule has 4 nitrogen and oxygen atoms in total. The second-order valence-electron chi connectivity index (χ2n) is 3.26. The van der Waals surface area contributed by atoms with E-state index in [4.69, 9.17) is 32.7 Å². The molecular formula is C12H12Cl2O4. The molecule has 0 atom stereocenters. The van der Waals surface area contributed by atoms with Crippen LogP contribution in [0.4, 0.5) is 0 Å². The van der Waals surface area contributed by atoms with E-state index in [-0.39, 0.29) is 22.6 Å². The molecule has 0 aliphatic carbocycles. The fraction of sp³-hybridized carbons (Fsp3) is 0.333. The average Bonchev–Trinajstić information content (AvgIpc) is 2.29. The molecule has 0 aliphatic rings. The van der Waals surface area contributed by atoms with Crippen LogP contribution in [0.25, 0.3) is 0 Å². The molecule has 0 aliphatic heterocycles. The topological polar surface area (TPSA) is 52.6 Å². The quantitative estimate of drug-likeness (QED) is 0.755. The minimum absolute atomic E-state index is 0.0889. The summed E-state index contributed by atoms with van der Waals surface area (Å²) in [4.78, 5) is 22.6. The lowest BCUT2D eigenvalue weighted by molar-refractivity contribution is 0.107. The van der Waals surface area contributed by atoms with Gasteiger partial charge in [0.1, 0.15) is 11.5 Å². The summed E-state index contributed by atoms with van der Waals surface area (Å²) in [6.45, 7) is 4.25. The van der Waals surface area contributed by atoms with Crippen LogP contribution in [0.1, 0.15) is 34.6 Å². The number of hydrogen-bond donors (Lipinski definition) is 0. The molecule has 98 valence electrons. The van der Waals surface area contributed by atoms with Gasteiger partial charge in [-0.1, -0.05) is 0 Å². The van der Waals surface area contributed by atoms with E-state index in [0.29, 0.717) is 13.2 Å². The van der Waals surface area contributed by atoms with E-state index in [1.54, 1.807) is 13.8 Å². The molecule has 1 rings (SSSR count). The molecule has 1 aromatic rings. The molecule has 0 bridgehead atoms. The highest BCUT2D eigenvalue weighted by Crippen LogP contribution is 2.31.